The summed E-state index contributed by atoms with van der Waals surface area (Å²) in [4.78, 5) is 22.3. The van der Waals surface area contributed by atoms with Crippen LogP contribution in [0.3, 0.4) is 0 Å². The minimum Gasteiger partial charge on any atom is -0.453 e. The molecule has 0 saturated heterocycles. The number of methoxy groups -OCH3 is 1. The van der Waals surface area contributed by atoms with Crippen LogP contribution < -0.4 is 5.32 Å². The lowest BCUT2D eigenvalue weighted by atomic mass is 10.1. The molecule has 0 aromatic carbocycles. The molecule has 0 aliphatic rings. The molecular weight excluding hydrogens is 302 g/mol. The predicted octanol–water partition coefficient (Wildman–Crippen LogP) is 0.110. The number of hydrogen-bond donors (Lipinski definition) is 1. The molecular formula is C8H14BrNO5S. The summed E-state index contributed by atoms with van der Waals surface area (Å²) in [5.41, 5.74) is 0. The monoisotopic (exact) mass is 315 g/mol. The van der Waals surface area contributed by atoms with E-state index >= 15 is 0 Å². The first-order valence-electron chi connectivity index (χ1n) is 4.41. The Kier molecular flexibility index (Phi) is 6.58. The van der Waals surface area contributed by atoms with E-state index in [1.54, 1.807) is 0 Å². The summed E-state index contributed by atoms with van der Waals surface area (Å²) in [6, 6.07) is -0.846. The molecule has 1 N–H and O–H groups in total. The molecule has 0 heterocycles. The van der Waals surface area contributed by atoms with Gasteiger partial charge in [0.25, 0.3) is 0 Å². The fraction of sp³-hybridized carbons (Fsp3) is 0.750. The van der Waals surface area contributed by atoms with Crippen LogP contribution in [-0.4, -0.2) is 50.8 Å². The maximum Gasteiger partial charge on any atom is 0.407 e. The van der Waals surface area contributed by atoms with Crippen LogP contribution in [0.2, 0.25) is 0 Å². The zero-order chi connectivity index (χ0) is 12.8. The molecule has 0 aromatic rings. The van der Waals surface area contributed by atoms with Gasteiger partial charge in [-0.2, -0.15) is 0 Å². The van der Waals surface area contributed by atoms with Crippen molar-refractivity contribution in [2.24, 2.45) is 0 Å². The first-order valence-corrected chi connectivity index (χ1v) is 7.59. The fourth-order valence-electron chi connectivity index (χ4n) is 0.940. The Bertz CT molecular complexity index is 353. The summed E-state index contributed by atoms with van der Waals surface area (Å²) < 4.78 is 26.2. The van der Waals surface area contributed by atoms with Gasteiger partial charge in [-0.25, -0.2) is 13.2 Å². The van der Waals surface area contributed by atoms with Crippen molar-refractivity contribution in [1.82, 2.24) is 5.32 Å². The molecule has 16 heavy (non-hydrogen) atoms. The Morgan fingerprint density at radius 2 is 2.00 bits per heavy atom. The average Bonchev–Trinajstić information content (AvgIpc) is 2.21. The van der Waals surface area contributed by atoms with Gasteiger partial charge >= 0.3 is 6.09 Å². The lowest BCUT2D eigenvalue weighted by Crippen LogP contribution is -2.42. The Hall–Kier alpha value is -0.630. The summed E-state index contributed by atoms with van der Waals surface area (Å²) in [7, 11) is -1.99. The standard InChI is InChI=1S/C8H14BrNO5S/c1-15-8(12)10-6(7(11)5-9)3-4-16(2,13)14/h6H,3-5H2,1-2H3,(H,10,12). The second-order valence-electron chi connectivity index (χ2n) is 3.21. The van der Waals surface area contributed by atoms with Gasteiger partial charge in [-0.05, 0) is 6.42 Å². The smallest absolute Gasteiger partial charge is 0.407 e. The highest BCUT2D eigenvalue weighted by Crippen LogP contribution is 2.01. The van der Waals surface area contributed by atoms with Gasteiger partial charge in [0.2, 0.25) is 0 Å². The molecule has 94 valence electrons. The van der Waals surface area contributed by atoms with Gasteiger partial charge < -0.3 is 10.1 Å². The molecule has 0 bridgehead atoms. The molecule has 8 heteroatoms. The molecule has 0 rings (SSSR count). The maximum atomic E-state index is 11.4. The highest BCUT2D eigenvalue weighted by atomic mass is 79.9. The van der Waals surface area contributed by atoms with Crippen molar-refractivity contribution < 1.29 is 22.7 Å². The third-order valence-corrected chi connectivity index (χ3v) is 3.31. The van der Waals surface area contributed by atoms with Crippen molar-refractivity contribution in [2.75, 3.05) is 24.4 Å². The first kappa shape index (κ1) is 15.4. The van der Waals surface area contributed by atoms with E-state index < -0.39 is 22.0 Å². The molecule has 0 spiro atoms. The molecule has 0 aliphatic carbocycles. The summed E-state index contributed by atoms with van der Waals surface area (Å²) >= 11 is 2.96. The minimum absolute atomic E-state index is 0.0400. The molecule has 0 fully saturated rings. The fourth-order valence-corrected chi connectivity index (χ4v) is 1.99. The topological polar surface area (TPSA) is 89.5 Å². The zero-order valence-corrected chi connectivity index (χ0v) is 11.4. The minimum atomic E-state index is -3.16. The van der Waals surface area contributed by atoms with Crippen LogP contribution in [0.5, 0.6) is 0 Å². The van der Waals surface area contributed by atoms with E-state index in [2.05, 4.69) is 26.0 Å². The molecule has 1 amide bonds. The summed E-state index contributed by atoms with van der Waals surface area (Å²) in [5, 5.41) is 2.33. The molecule has 1 atom stereocenters. The van der Waals surface area contributed by atoms with Crippen LogP contribution in [-0.2, 0) is 19.4 Å². The van der Waals surface area contributed by atoms with Crippen LogP contribution in [0, 0.1) is 0 Å². The van der Waals surface area contributed by atoms with E-state index in [4.69, 9.17) is 0 Å². The quantitative estimate of drug-likeness (QED) is 0.703. The Morgan fingerprint density at radius 3 is 2.38 bits per heavy atom. The largest absolute Gasteiger partial charge is 0.453 e. The SMILES string of the molecule is COC(=O)NC(CCS(C)(=O)=O)C(=O)CBr. The van der Waals surface area contributed by atoms with Crippen LogP contribution in [0.4, 0.5) is 4.79 Å². The van der Waals surface area contributed by atoms with Crippen molar-refractivity contribution in [3.8, 4) is 0 Å². The summed E-state index contributed by atoms with van der Waals surface area (Å²) in [6.07, 6.45) is 0.354. The van der Waals surface area contributed by atoms with Crippen molar-refractivity contribution in [3.05, 3.63) is 0 Å². The summed E-state index contributed by atoms with van der Waals surface area (Å²) in [5.74, 6) is -0.463. The van der Waals surface area contributed by atoms with Crippen molar-refractivity contribution in [1.29, 1.82) is 0 Å². The molecule has 0 aromatic heterocycles. The van der Waals surface area contributed by atoms with Crippen molar-refractivity contribution in [3.63, 3.8) is 0 Å². The highest BCUT2D eigenvalue weighted by molar-refractivity contribution is 9.09. The van der Waals surface area contributed by atoms with Crippen molar-refractivity contribution in [2.45, 2.75) is 12.5 Å². The van der Waals surface area contributed by atoms with Gasteiger partial charge in [0, 0.05) is 6.26 Å². The van der Waals surface area contributed by atoms with Gasteiger partial charge in [-0.15, -0.1) is 0 Å². The number of rotatable bonds is 6. The second-order valence-corrected chi connectivity index (χ2v) is 6.03. The Labute approximate surface area is 103 Å². The van der Waals surface area contributed by atoms with Gasteiger partial charge in [-0.1, -0.05) is 15.9 Å². The molecule has 0 radical (unpaired) electrons. The normalized spacial score (nSPS) is 12.9. The Balaban J connectivity index is 4.44. The number of halogens is 1. The average molecular weight is 316 g/mol. The van der Waals surface area contributed by atoms with Crippen LogP contribution in [0.15, 0.2) is 0 Å². The Morgan fingerprint density at radius 1 is 1.44 bits per heavy atom. The number of nitrogens with one attached hydrogen (secondary N) is 1. The number of sulfone groups is 1. The van der Waals surface area contributed by atoms with Crippen LogP contribution in [0.25, 0.3) is 0 Å². The van der Waals surface area contributed by atoms with E-state index in [9.17, 15) is 18.0 Å². The van der Waals surface area contributed by atoms with Crippen LogP contribution >= 0.6 is 15.9 Å². The number of ether oxygens (including phenoxy) is 1. The molecule has 6 nitrogen and oxygen atoms in total. The summed E-state index contributed by atoms with van der Waals surface area (Å²) in [6.45, 7) is 0. The number of ketones is 1. The number of alkyl halides is 1. The van der Waals surface area contributed by atoms with E-state index in [0.717, 1.165) is 6.26 Å². The molecule has 0 saturated carbocycles. The van der Waals surface area contributed by atoms with Gasteiger partial charge in [0.15, 0.2) is 5.78 Å². The first-order chi connectivity index (χ1) is 7.30. The number of hydrogen-bond acceptors (Lipinski definition) is 5. The zero-order valence-electron chi connectivity index (χ0n) is 9.03. The van der Waals surface area contributed by atoms with E-state index in [-0.39, 0.29) is 23.3 Å². The lowest BCUT2D eigenvalue weighted by Gasteiger charge is -2.14. The number of Topliss-reactive ketones (excluding diaryl/α,β-unsaturated/α-hetero) is 1. The van der Waals surface area contributed by atoms with Crippen LogP contribution in [0.1, 0.15) is 6.42 Å². The number of carbonyl (C=O) groups excluding carboxylic acids is 2. The van der Waals surface area contributed by atoms with Crippen molar-refractivity contribution >= 4 is 37.6 Å². The van der Waals surface area contributed by atoms with E-state index in [1.807, 2.05) is 0 Å². The molecule has 0 aliphatic heterocycles. The molecule has 1 unspecified atom stereocenters. The maximum absolute atomic E-state index is 11.4. The van der Waals surface area contributed by atoms with Gasteiger partial charge in [0.05, 0.1) is 24.2 Å². The lowest BCUT2D eigenvalue weighted by molar-refractivity contribution is -0.118. The number of amides is 1. The third-order valence-electron chi connectivity index (χ3n) is 1.78. The van der Waals surface area contributed by atoms with E-state index in [0.29, 0.717) is 0 Å². The number of alkyl carbamates (subject to hydrolysis) is 1. The second kappa shape index (κ2) is 6.85. The van der Waals surface area contributed by atoms with E-state index in [1.165, 1.54) is 7.11 Å². The highest BCUT2D eigenvalue weighted by Gasteiger charge is 2.21. The van der Waals surface area contributed by atoms with Gasteiger partial charge in [-0.3, -0.25) is 4.79 Å². The van der Waals surface area contributed by atoms with Gasteiger partial charge in [0.1, 0.15) is 9.84 Å². The third kappa shape index (κ3) is 6.78. The predicted molar refractivity (Wildman–Crippen MR) is 62.5 cm³/mol. The number of carbonyl (C=O) groups is 2.